The molecule has 2 heterocycles. The van der Waals surface area contributed by atoms with Crippen LogP contribution in [0.2, 0.25) is 0 Å². The second kappa shape index (κ2) is 10.2. The van der Waals surface area contributed by atoms with Gasteiger partial charge in [-0.2, -0.15) is 0 Å². The van der Waals surface area contributed by atoms with Crippen LogP contribution < -0.4 is 0 Å². The molecule has 0 saturated heterocycles. The van der Waals surface area contributed by atoms with Crippen molar-refractivity contribution < 1.29 is 0 Å². The zero-order valence-corrected chi connectivity index (χ0v) is 27.3. The smallest absolute Gasteiger partial charge is 0.0710 e. The highest BCUT2D eigenvalue weighted by atomic mass is 32.1. The van der Waals surface area contributed by atoms with Gasteiger partial charge in [-0.15, -0.1) is 11.3 Å². The highest BCUT2D eigenvalue weighted by Crippen LogP contribution is 2.43. The highest BCUT2D eigenvalue weighted by Gasteiger charge is 2.15. The molecule has 0 aliphatic carbocycles. The van der Waals surface area contributed by atoms with E-state index in [1.165, 1.54) is 84.8 Å². The normalized spacial score (nSPS) is 12.1. The van der Waals surface area contributed by atoms with E-state index in [9.17, 15) is 0 Å². The van der Waals surface area contributed by atoms with Gasteiger partial charge >= 0.3 is 0 Å². The molecule has 9 aromatic carbocycles. The van der Waals surface area contributed by atoms with Crippen molar-refractivity contribution in [3.63, 3.8) is 0 Å². The van der Waals surface area contributed by atoms with Crippen molar-refractivity contribution in [1.29, 1.82) is 0 Å². The third-order valence-electron chi connectivity index (χ3n) is 10.4. The Bertz CT molecular complexity index is 3130. The maximum atomic E-state index is 5.24. The fourth-order valence-electron chi connectivity index (χ4n) is 8.16. The van der Waals surface area contributed by atoms with Gasteiger partial charge in [0.25, 0.3) is 0 Å². The first-order valence-corrected chi connectivity index (χ1v) is 17.6. The second-order valence-corrected chi connectivity index (χ2v) is 14.1. The summed E-state index contributed by atoms with van der Waals surface area (Å²) in [6, 6.07) is 60.0. The molecule has 0 aliphatic rings. The molecule has 2 heteroatoms. The van der Waals surface area contributed by atoms with E-state index in [0.29, 0.717) is 0 Å². The minimum atomic E-state index is 0.984. The Labute approximate surface area is 286 Å². The molecule has 0 atom stereocenters. The summed E-state index contributed by atoms with van der Waals surface area (Å²) in [5.41, 5.74) is 4.24. The molecule has 0 N–H and O–H groups in total. The predicted octanol–water partition coefficient (Wildman–Crippen LogP) is 13.7. The average molecular weight is 638 g/mol. The van der Waals surface area contributed by atoms with Crippen LogP contribution in [0.1, 0.15) is 0 Å². The van der Waals surface area contributed by atoms with Gasteiger partial charge in [-0.1, -0.05) is 127 Å². The third kappa shape index (κ3) is 3.96. The summed E-state index contributed by atoms with van der Waals surface area (Å²) in [5.74, 6) is 0. The molecule has 0 aliphatic heterocycles. The van der Waals surface area contributed by atoms with Crippen molar-refractivity contribution in [3.05, 3.63) is 164 Å². The number of benzene rings is 9. The molecule has 0 spiro atoms. The number of thiophene rings is 1. The van der Waals surface area contributed by atoms with Gasteiger partial charge in [0.05, 0.1) is 11.4 Å². The van der Waals surface area contributed by atoms with Crippen LogP contribution in [-0.4, -0.2) is 4.98 Å². The van der Waals surface area contributed by atoms with Crippen LogP contribution in [0, 0.1) is 0 Å². The molecule has 1 nitrogen and oxygen atoms in total. The van der Waals surface area contributed by atoms with E-state index in [0.717, 1.165) is 22.5 Å². The van der Waals surface area contributed by atoms with E-state index in [4.69, 9.17) is 4.98 Å². The molecule has 11 rings (SSSR count). The molecule has 0 unspecified atom stereocenters. The Kier molecular flexibility index (Phi) is 5.61. The van der Waals surface area contributed by atoms with Crippen LogP contribution in [0.15, 0.2) is 164 Å². The summed E-state index contributed by atoms with van der Waals surface area (Å²) in [7, 11) is 0. The van der Waals surface area contributed by atoms with Gasteiger partial charge in [0.2, 0.25) is 0 Å². The van der Waals surface area contributed by atoms with Crippen LogP contribution in [-0.2, 0) is 0 Å². The number of pyridine rings is 1. The van der Waals surface area contributed by atoms with E-state index in [1.807, 2.05) is 11.3 Å². The first-order valence-electron chi connectivity index (χ1n) is 16.8. The van der Waals surface area contributed by atoms with E-state index in [-0.39, 0.29) is 0 Å². The predicted molar refractivity (Wildman–Crippen MR) is 213 cm³/mol. The Morgan fingerprint density at radius 2 is 0.653 bits per heavy atom. The van der Waals surface area contributed by atoms with Crippen LogP contribution in [0.25, 0.3) is 107 Å². The summed E-state index contributed by atoms with van der Waals surface area (Å²) < 4.78 is 2.60. The van der Waals surface area contributed by atoms with Gasteiger partial charge in [-0.25, -0.2) is 4.98 Å². The van der Waals surface area contributed by atoms with E-state index in [2.05, 4.69) is 164 Å². The first kappa shape index (κ1) is 26.9. The largest absolute Gasteiger partial charge is 0.248 e. The number of hydrogen-bond donors (Lipinski definition) is 0. The van der Waals surface area contributed by atoms with Crippen LogP contribution in [0.5, 0.6) is 0 Å². The molecule has 0 bridgehead atoms. The lowest BCUT2D eigenvalue weighted by molar-refractivity contribution is 1.33. The lowest BCUT2D eigenvalue weighted by atomic mass is 9.93. The standard InChI is InChI=1S/C47H27NS/c1-2-14-34-30(10-1)31-11-3-6-15-35(31)40-24-28(20-22-38(34)40)44-18-9-19-45(48-44)29-21-23-39-43-26-41-36-16-7-4-12-32(36)33-13-5-8-17-37(33)42(41)27-47(43)49-46(39)25-29/h1-27H. The SMILES string of the molecule is c1cc(-c2ccc3c(c2)sc2cc4c5ccccc5c5ccccc5c4cc23)nc(-c2ccc3c4ccccc4c4ccccc4c3c2)c1. The summed E-state index contributed by atoms with van der Waals surface area (Å²) in [6.07, 6.45) is 0. The maximum Gasteiger partial charge on any atom is 0.0710 e. The van der Waals surface area contributed by atoms with Gasteiger partial charge < -0.3 is 0 Å². The molecule has 226 valence electrons. The topological polar surface area (TPSA) is 12.9 Å². The first-order chi connectivity index (χ1) is 24.3. The third-order valence-corrected chi connectivity index (χ3v) is 11.5. The fraction of sp³-hybridized carbons (Fsp3) is 0. The van der Waals surface area contributed by atoms with Gasteiger partial charge in [0.15, 0.2) is 0 Å². The molecule has 0 saturated carbocycles. The number of hydrogen-bond acceptors (Lipinski definition) is 2. The van der Waals surface area contributed by atoms with E-state index >= 15 is 0 Å². The molecular weight excluding hydrogens is 611 g/mol. The fourth-order valence-corrected chi connectivity index (χ4v) is 9.32. The Balaban J connectivity index is 1.06. The molecule has 2 aromatic heterocycles. The Morgan fingerprint density at radius 3 is 1.18 bits per heavy atom. The zero-order valence-electron chi connectivity index (χ0n) is 26.4. The highest BCUT2D eigenvalue weighted by molar-refractivity contribution is 7.26. The lowest BCUT2D eigenvalue weighted by Crippen LogP contribution is -1.89. The summed E-state index contributed by atoms with van der Waals surface area (Å²) >= 11 is 1.88. The lowest BCUT2D eigenvalue weighted by Gasteiger charge is -2.12. The van der Waals surface area contributed by atoms with Crippen LogP contribution in [0.3, 0.4) is 0 Å². The van der Waals surface area contributed by atoms with Gasteiger partial charge in [-0.3, -0.25) is 0 Å². The summed E-state index contributed by atoms with van der Waals surface area (Å²) in [5, 5.41) is 18.2. The van der Waals surface area contributed by atoms with E-state index in [1.54, 1.807) is 0 Å². The number of aromatic nitrogens is 1. The van der Waals surface area contributed by atoms with Gasteiger partial charge in [0, 0.05) is 31.3 Å². The van der Waals surface area contributed by atoms with Crippen molar-refractivity contribution in [3.8, 4) is 22.5 Å². The van der Waals surface area contributed by atoms with Crippen molar-refractivity contribution in [2.75, 3.05) is 0 Å². The van der Waals surface area contributed by atoms with Gasteiger partial charge in [0.1, 0.15) is 0 Å². The molecule has 0 fully saturated rings. The molecule has 0 amide bonds. The van der Waals surface area contributed by atoms with Crippen molar-refractivity contribution >= 4 is 96.1 Å². The number of nitrogens with zero attached hydrogens (tertiary/aromatic N) is 1. The van der Waals surface area contributed by atoms with Crippen LogP contribution in [0.4, 0.5) is 0 Å². The quantitative estimate of drug-likeness (QED) is 0.172. The van der Waals surface area contributed by atoms with Crippen LogP contribution >= 0.6 is 11.3 Å². The van der Waals surface area contributed by atoms with Crippen molar-refractivity contribution in [2.45, 2.75) is 0 Å². The summed E-state index contributed by atoms with van der Waals surface area (Å²) in [6.45, 7) is 0. The molecule has 11 aromatic rings. The monoisotopic (exact) mass is 637 g/mol. The number of rotatable bonds is 2. The maximum absolute atomic E-state index is 5.24. The van der Waals surface area contributed by atoms with E-state index < -0.39 is 0 Å². The van der Waals surface area contributed by atoms with Crippen molar-refractivity contribution in [2.24, 2.45) is 0 Å². The van der Waals surface area contributed by atoms with Gasteiger partial charge in [-0.05, 0) is 101 Å². The number of fused-ring (bicyclic) bond motifs is 15. The molecular formula is C47H27NS. The Morgan fingerprint density at radius 1 is 0.265 bits per heavy atom. The molecule has 49 heavy (non-hydrogen) atoms. The van der Waals surface area contributed by atoms with Crippen molar-refractivity contribution in [1.82, 2.24) is 4.98 Å². The second-order valence-electron chi connectivity index (χ2n) is 13.1. The molecule has 0 radical (unpaired) electrons. The minimum absolute atomic E-state index is 0.984. The average Bonchev–Trinajstić information content (AvgIpc) is 3.54. The minimum Gasteiger partial charge on any atom is -0.248 e. The zero-order chi connectivity index (χ0) is 32.1. The Hall–Kier alpha value is -6.09. The summed E-state index contributed by atoms with van der Waals surface area (Å²) in [4.78, 5) is 5.24.